The molecule has 1 amide bonds. The summed E-state index contributed by atoms with van der Waals surface area (Å²) >= 11 is 6.07. The van der Waals surface area contributed by atoms with Crippen LogP contribution >= 0.6 is 11.6 Å². The minimum atomic E-state index is -3.66. The lowest BCUT2D eigenvalue weighted by Gasteiger charge is -2.22. The van der Waals surface area contributed by atoms with Crippen LogP contribution < -0.4 is 14.4 Å². The second kappa shape index (κ2) is 7.76. The van der Waals surface area contributed by atoms with Crippen molar-refractivity contribution in [2.45, 2.75) is 6.92 Å². The highest BCUT2D eigenvalue weighted by molar-refractivity contribution is 7.92. The Morgan fingerprint density at radius 1 is 1.24 bits per heavy atom. The van der Waals surface area contributed by atoms with E-state index in [0.29, 0.717) is 22.1 Å². The molecular formula is C17H19ClN2O4S. The number of rotatable bonds is 6. The first-order chi connectivity index (χ1) is 11.7. The molecule has 0 aliphatic carbocycles. The van der Waals surface area contributed by atoms with Crippen molar-refractivity contribution in [2.75, 3.05) is 29.5 Å². The first-order valence-electron chi connectivity index (χ1n) is 7.38. The maximum Gasteiger partial charge on any atom is 0.245 e. The fourth-order valence-corrected chi connectivity index (χ4v) is 3.19. The van der Waals surface area contributed by atoms with Gasteiger partial charge in [-0.3, -0.25) is 9.10 Å². The number of nitrogens with one attached hydrogen (secondary N) is 1. The van der Waals surface area contributed by atoms with Crippen molar-refractivity contribution in [1.29, 1.82) is 0 Å². The van der Waals surface area contributed by atoms with Gasteiger partial charge in [0.2, 0.25) is 15.9 Å². The third-order valence-electron chi connectivity index (χ3n) is 3.48. The zero-order chi connectivity index (χ0) is 18.6. The summed E-state index contributed by atoms with van der Waals surface area (Å²) in [5, 5.41) is 3.09. The number of aryl methyl sites for hydroxylation is 1. The predicted octanol–water partition coefficient (Wildman–Crippen LogP) is 3.06. The number of hydrogen-bond donors (Lipinski definition) is 1. The van der Waals surface area contributed by atoms with Crippen LogP contribution in [0.25, 0.3) is 0 Å². The lowest BCUT2D eigenvalue weighted by Crippen LogP contribution is -2.37. The number of amides is 1. The standard InChI is InChI=1S/C17H19ClN2O4S/c1-12-7-8-14(10-16(12)18)20(25(3,22)23)11-17(21)19-13-5-4-6-15(9-13)24-2/h4-10H,11H2,1-3H3,(H,19,21). The SMILES string of the molecule is COc1cccc(NC(=O)CN(c2ccc(C)c(Cl)c2)S(C)(=O)=O)c1. The molecule has 0 spiro atoms. The van der Waals surface area contributed by atoms with Crippen molar-refractivity contribution in [3.05, 3.63) is 53.1 Å². The van der Waals surface area contributed by atoms with Gasteiger partial charge >= 0.3 is 0 Å². The number of nitrogens with zero attached hydrogens (tertiary/aromatic N) is 1. The Morgan fingerprint density at radius 2 is 1.96 bits per heavy atom. The molecule has 0 saturated carbocycles. The Bertz CT molecular complexity index is 884. The Morgan fingerprint density at radius 3 is 2.56 bits per heavy atom. The summed E-state index contributed by atoms with van der Waals surface area (Å²) in [6.45, 7) is 1.45. The number of sulfonamides is 1. The lowest BCUT2D eigenvalue weighted by atomic mass is 10.2. The molecule has 0 aliphatic heterocycles. The third-order valence-corrected chi connectivity index (χ3v) is 5.03. The van der Waals surface area contributed by atoms with Gasteiger partial charge in [-0.1, -0.05) is 23.7 Å². The Kier molecular flexibility index (Phi) is 5.92. The Hall–Kier alpha value is -2.25. The van der Waals surface area contributed by atoms with Crippen molar-refractivity contribution in [2.24, 2.45) is 0 Å². The van der Waals surface area contributed by atoms with Gasteiger partial charge in [0.05, 0.1) is 19.1 Å². The average Bonchev–Trinajstić information content (AvgIpc) is 2.54. The molecular weight excluding hydrogens is 364 g/mol. The molecule has 2 rings (SSSR count). The molecule has 0 bridgehead atoms. The molecule has 1 N–H and O–H groups in total. The van der Waals surface area contributed by atoms with Gasteiger partial charge in [-0.15, -0.1) is 0 Å². The van der Waals surface area contributed by atoms with E-state index >= 15 is 0 Å². The van der Waals surface area contributed by atoms with E-state index in [1.54, 1.807) is 36.4 Å². The summed E-state index contributed by atoms with van der Waals surface area (Å²) in [4.78, 5) is 12.3. The summed E-state index contributed by atoms with van der Waals surface area (Å²) in [5.74, 6) is 0.110. The minimum absolute atomic E-state index is 0.332. The Balaban J connectivity index is 2.22. The molecule has 0 unspecified atom stereocenters. The van der Waals surface area contributed by atoms with Gasteiger partial charge in [0, 0.05) is 16.8 Å². The highest BCUT2D eigenvalue weighted by Crippen LogP contribution is 2.25. The number of ether oxygens (including phenoxy) is 1. The van der Waals surface area contributed by atoms with Crippen molar-refractivity contribution in [3.8, 4) is 5.75 Å². The number of carbonyl (C=O) groups is 1. The summed E-state index contributed by atoms with van der Waals surface area (Å²) < 4.78 is 30.3. The minimum Gasteiger partial charge on any atom is -0.497 e. The normalized spacial score (nSPS) is 11.0. The molecule has 0 aliphatic rings. The summed E-state index contributed by atoms with van der Waals surface area (Å²) in [7, 11) is -2.14. The van der Waals surface area contributed by atoms with Crippen LogP contribution in [0.5, 0.6) is 5.75 Å². The zero-order valence-corrected chi connectivity index (χ0v) is 15.7. The van der Waals surface area contributed by atoms with Crippen molar-refractivity contribution < 1.29 is 17.9 Å². The number of carbonyl (C=O) groups excluding carboxylic acids is 1. The predicted molar refractivity (Wildman–Crippen MR) is 100 cm³/mol. The van der Waals surface area contributed by atoms with Crippen LogP contribution in [-0.4, -0.2) is 34.2 Å². The van der Waals surface area contributed by atoms with Crippen LogP contribution in [0, 0.1) is 6.92 Å². The number of benzene rings is 2. The smallest absolute Gasteiger partial charge is 0.245 e. The van der Waals surface area contributed by atoms with E-state index in [-0.39, 0.29) is 6.54 Å². The highest BCUT2D eigenvalue weighted by atomic mass is 35.5. The number of anilines is 2. The van der Waals surface area contributed by atoms with Crippen LogP contribution in [0.3, 0.4) is 0 Å². The van der Waals surface area contributed by atoms with E-state index in [1.165, 1.54) is 13.2 Å². The van der Waals surface area contributed by atoms with E-state index in [2.05, 4.69) is 5.32 Å². The topological polar surface area (TPSA) is 75.7 Å². The molecule has 2 aromatic carbocycles. The lowest BCUT2D eigenvalue weighted by molar-refractivity contribution is -0.114. The Labute approximate surface area is 152 Å². The van der Waals surface area contributed by atoms with Gasteiger partial charge in [0.1, 0.15) is 12.3 Å². The first-order valence-corrected chi connectivity index (χ1v) is 9.61. The summed E-state index contributed by atoms with van der Waals surface area (Å²) in [6, 6.07) is 11.6. The largest absolute Gasteiger partial charge is 0.497 e. The second-order valence-electron chi connectivity index (χ2n) is 5.48. The van der Waals surface area contributed by atoms with E-state index < -0.39 is 15.9 Å². The molecule has 0 radical (unpaired) electrons. The van der Waals surface area contributed by atoms with Gasteiger partial charge in [-0.25, -0.2) is 8.42 Å². The number of hydrogen-bond acceptors (Lipinski definition) is 4. The van der Waals surface area contributed by atoms with Crippen LogP contribution in [0.15, 0.2) is 42.5 Å². The molecule has 6 nitrogen and oxygen atoms in total. The fourth-order valence-electron chi connectivity index (χ4n) is 2.17. The third kappa shape index (κ3) is 5.11. The van der Waals surface area contributed by atoms with Gasteiger partial charge in [-0.2, -0.15) is 0 Å². The van der Waals surface area contributed by atoms with Crippen molar-refractivity contribution >= 4 is 38.9 Å². The van der Waals surface area contributed by atoms with Crippen LogP contribution in [0.4, 0.5) is 11.4 Å². The monoisotopic (exact) mass is 382 g/mol. The molecule has 8 heteroatoms. The molecule has 0 saturated heterocycles. The highest BCUT2D eigenvalue weighted by Gasteiger charge is 2.21. The molecule has 0 heterocycles. The molecule has 134 valence electrons. The van der Waals surface area contributed by atoms with Crippen LogP contribution in [0.2, 0.25) is 5.02 Å². The van der Waals surface area contributed by atoms with Gasteiger partial charge < -0.3 is 10.1 Å². The fraction of sp³-hybridized carbons (Fsp3) is 0.235. The molecule has 0 fully saturated rings. The van der Waals surface area contributed by atoms with Crippen LogP contribution in [-0.2, 0) is 14.8 Å². The number of methoxy groups -OCH3 is 1. The molecule has 25 heavy (non-hydrogen) atoms. The number of halogens is 1. The van der Waals surface area contributed by atoms with E-state index in [1.807, 2.05) is 6.92 Å². The van der Waals surface area contributed by atoms with E-state index in [4.69, 9.17) is 16.3 Å². The van der Waals surface area contributed by atoms with Crippen molar-refractivity contribution in [1.82, 2.24) is 0 Å². The van der Waals surface area contributed by atoms with Crippen molar-refractivity contribution in [3.63, 3.8) is 0 Å². The van der Waals surface area contributed by atoms with Gasteiger partial charge in [0.15, 0.2) is 0 Å². The van der Waals surface area contributed by atoms with E-state index in [0.717, 1.165) is 16.1 Å². The molecule has 0 atom stereocenters. The average molecular weight is 383 g/mol. The van der Waals surface area contributed by atoms with E-state index in [9.17, 15) is 13.2 Å². The quantitative estimate of drug-likeness (QED) is 0.833. The van der Waals surface area contributed by atoms with Crippen LogP contribution in [0.1, 0.15) is 5.56 Å². The second-order valence-corrected chi connectivity index (χ2v) is 7.80. The van der Waals surface area contributed by atoms with Gasteiger partial charge in [-0.05, 0) is 36.8 Å². The first kappa shape index (κ1) is 19.1. The van der Waals surface area contributed by atoms with Gasteiger partial charge in [0.25, 0.3) is 0 Å². The maximum atomic E-state index is 12.3. The summed E-state index contributed by atoms with van der Waals surface area (Å²) in [6.07, 6.45) is 1.04. The molecule has 2 aromatic rings. The zero-order valence-electron chi connectivity index (χ0n) is 14.1. The maximum absolute atomic E-state index is 12.3. The summed E-state index contributed by atoms with van der Waals surface area (Å²) in [5.41, 5.74) is 1.67. The molecule has 0 aromatic heterocycles.